The van der Waals surface area contributed by atoms with Gasteiger partial charge < -0.3 is 34.8 Å². The summed E-state index contributed by atoms with van der Waals surface area (Å²) in [6, 6.07) is 0. The van der Waals surface area contributed by atoms with Crippen LogP contribution < -0.4 is 15.3 Å². The Hall–Kier alpha value is -0.555. The van der Waals surface area contributed by atoms with Crippen molar-refractivity contribution in [3.05, 3.63) is 0 Å². The number of sulfonamides is 1. The molecule has 0 amide bonds. The van der Waals surface area contributed by atoms with E-state index in [9.17, 15) is 43.2 Å². The Bertz CT molecular complexity index is 849. The quantitative estimate of drug-likeness (QED) is 0.191. The predicted octanol–water partition coefficient (Wildman–Crippen LogP) is -5.77. The van der Waals surface area contributed by atoms with E-state index < -0.39 is 59.8 Å². The summed E-state index contributed by atoms with van der Waals surface area (Å²) >= 11 is 0. The first kappa shape index (κ1) is 37.4. The van der Waals surface area contributed by atoms with Crippen molar-refractivity contribution in [2.45, 2.75) is 39.0 Å². The molecule has 0 aromatic heterocycles. The predicted molar refractivity (Wildman–Crippen MR) is 128 cm³/mol. The first-order valence-corrected chi connectivity index (χ1v) is 14.2. The second kappa shape index (κ2) is 18.7. The monoisotopic (exact) mass is 708 g/mol. The van der Waals surface area contributed by atoms with E-state index in [1.807, 2.05) is 6.92 Å². The van der Waals surface area contributed by atoms with E-state index in [0.29, 0.717) is 12.8 Å². The minimum absolute atomic E-state index is 0. The van der Waals surface area contributed by atoms with Crippen molar-refractivity contribution in [3.8, 4) is 0 Å². The number of carbonyl (C=O) groups is 3. The van der Waals surface area contributed by atoms with Crippen LogP contribution in [0.5, 0.6) is 0 Å². The largest absolute Gasteiger partial charge is 3.00 e. The molecular formula is C22H40GdN5O9S. The normalized spacial score (nSPS) is 20.7. The van der Waals surface area contributed by atoms with Gasteiger partial charge in [0.15, 0.2) is 0 Å². The number of aliphatic carboxylic acids is 3. The van der Waals surface area contributed by atoms with Crippen molar-refractivity contribution in [2.24, 2.45) is 0 Å². The molecule has 1 rings (SSSR count). The zero-order valence-corrected chi connectivity index (χ0v) is 25.4. The molecule has 1 aliphatic heterocycles. The zero-order valence-electron chi connectivity index (χ0n) is 22.3. The van der Waals surface area contributed by atoms with Crippen molar-refractivity contribution in [2.75, 3.05) is 84.8 Å². The van der Waals surface area contributed by atoms with Crippen molar-refractivity contribution < 1.29 is 83.2 Å². The number of rotatable bonds is 13. The summed E-state index contributed by atoms with van der Waals surface area (Å²) in [6.45, 7) is 3.12. The number of aliphatic hydroxyl groups is 1. The van der Waals surface area contributed by atoms with Gasteiger partial charge in [0.05, 0.1) is 36.4 Å². The van der Waals surface area contributed by atoms with Crippen molar-refractivity contribution >= 4 is 27.9 Å². The van der Waals surface area contributed by atoms with Gasteiger partial charge in [-0.25, -0.2) is 8.42 Å². The second-order valence-electron chi connectivity index (χ2n) is 9.46. The van der Waals surface area contributed by atoms with Gasteiger partial charge in [-0.05, 0) is 13.3 Å². The Morgan fingerprint density at radius 3 is 1.74 bits per heavy atom. The summed E-state index contributed by atoms with van der Waals surface area (Å²) in [7, 11) is -3.81. The Morgan fingerprint density at radius 2 is 1.34 bits per heavy atom. The minimum Gasteiger partial charge on any atom is -0.549 e. The fourth-order valence-electron chi connectivity index (χ4n) is 4.34. The van der Waals surface area contributed by atoms with Crippen molar-refractivity contribution in [1.29, 1.82) is 0 Å². The van der Waals surface area contributed by atoms with E-state index in [1.54, 1.807) is 16.7 Å². The topological polar surface area (TPSA) is 191 Å². The van der Waals surface area contributed by atoms with Crippen LogP contribution in [0.1, 0.15) is 26.7 Å². The average molecular weight is 708 g/mol. The molecule has 1 N–H and O–H groups in total. The summed E-state index contributed by atoms with van der Waals surface area (Å²) in [6.07, 6.45) is 0.498. The van der Waals surface area contributed by atoms with E-state index in [4.69, 9.17) is 0 Å². The van der Waals surface area contributed by atoms with Crippen LogP contribution in [0.2, 0.25) is 0 Å². The molecule has 221 valence electrons. The summed E-state index contributed by atoms with van der Waals surface area (Å²) in [5.74, 6) is -4.08. The summed E-state index contributed by atoms with van der Waals surface area (Å²) in [4.78, 5) is 40.6. The van der Waals surface area contributed by atoms with Gasteiger partial charge >= 0.3 is 39.9 Å². The van der Waals surface area contributed by atoms with Gasteiger partial charge in [-0.2, -0.15) is 4.31 Å². The fraction of sp³-hybridized carbons (Fsp3) is 0.864. The van der Waals surface area contributed by atoms with Crippen LogP contribution in [0.15, 0.2) is 0 Å². The SMILES string of the molecule is CCCCN(C1CN(CC(C)O)CCN(CC(=O)[O-])CCN(CC(=O)[O-])CCN1CC(=O)[O-])S(C)(=O)=O.[Gd+3]. The van der Waals surface area contributed by atoms with Crippen LogP contribution in [-0.2, 0) is 24.4 Å². The Balaban J connectivity index is 0.0000137. The van der Waals surface area contributed by atoms with Gasteiger partial charge in [-0.3, -0.25) is 19.6 Å². The van der Waals surface area contributed by atoms with Crippen LogP contribution in [0.25, 0.3) is 0 Å². The van der Waals surface area contributed by atoms with E-state index >= 15 is 0 Å². The third-order valence-electron chi connectivity index (χ3n) is 6.06. The van der Waals surface area contributed by atoms with Crippen LogP contribution in [-0.4, -0.2) is 152 Å². The van der Waals surface area contributed by atoms with Gasteiger partial charge in [-0.15, -0.1) is 0 Å². The van der Waals surface area contributed by atoms with Crippen LogP contribution in [0, 0.1) is 39.9 Å². The maximum atomic E-state index is 12.8. The second-order valence-corrected chi connectivity index (χ2v) is 11.4. The van der Waals surface area contributed by atoms with E-state index in [2.05, 4.69) is 0 Å². The van der Waals surface area contributed by atoms with E-state index in [0.717, 1.165) is 6.26 Å². The van der Waals surface area contributed by atoms with Gasteiger partial charge in [0.25, 0.3) is 0 Å². The first-order chi connectivity index (χ1) is 17.2. The number of unbranched alkanes of at least 4 members (excludes halogenated alkanes) is 1. The molecular weight excluding hydrogens is 668 g/mol. The molecule has 0 spiro atoms. The summed E-state index contributed by atoms with van der Waals surface area (Å²) in [5.41, 5.74) is 0. The molecule has 0 aromatic carbocycles. The van der Waals surface area contributed by atoms with Crippen LogP contribution in [0.4, 0.5) is 0 Å². The molecule has 2 unspecified atom stereocenters. The Morgan fingerprint density at radius 1 is 0.895 bits per heavy atom. The first-order valence-electron chi connectivity index (χ1n) is 12.4. The standard InChI is InChI=1S/C22H43N5O9S.Gd/c1-4-5-6-27(37(3,35)36)19-14-25(13-18(2)28)10-9-23(15-20(29)30)7-8-24(16-21(31)32)11-12-26(19)17-22(33)34;/h18-19,28H,4-17H2,1-3H3,(H,29,30)(H,31,32)(H,33,34);/q;+3/p-3. The van der Waals surface area contributed by atoms with E-state index in [1.165, 1.54) is 14.1 Å². The number of carboxylic acids is 3. The number of carboxylic acid groups (broad SMARTS) is 3. The number of carbonyl (C=O) groups excluding carboxylic acids is 3. The van der Waals surface area contributed by atoms with Gasteiger partial charge in [0.1, 0.15) is 0 Å². The number of aliphatic hydroxyl groups excluding tert-OH is 1. The number of nitrogens with zero attached hydrogens (tertiary/aromatic N) is 5. The smallest absolute Gasteiger partial charge is 0.549 e. The van der Waals surface area contributed by atoms with Crippen LogP contribution >= 0.6 is 0 Å². The van der Waals surface area contributed by atoms with Crippen molar-refractivity contribution in [1.82, 2.24) is 23.9 Å². The van der Waals surface area contributed by atoms with Gasteiger partial charge in [0.2, 0.25) is 10.0 Å². The summed E-state index contributed by atoms with van der Waals surface area (Å²) < 4.78 is 26.9. The molecule has 14 nitrogen and oxygen atoms in total. The molecule has 0 saturated carbocycles. The maximum absolute atomic E-state index is 12.8. The van der Waals surface area contributed by atoms with Gasteiger partial charge in [0, 0.05) is 78.5 Å². The van der Waals surface area contributed by atoms with Crippen LogP contribution in [0.3, 0.4) is 0 Å². The number of hydrogen-bond donors (Lipinski definition) is 1. The molecule has 0 aromatic rings. The molecule has 1 radical (unpaired) electrons. The molecule has 2 atom stereocenters. The average Bonchev–Trinajstić information content (AvgIpc) is 2.74. The maximum Gasteiger partial charge on any atom is 3.00 e. The molecule has 1 saturated heterocycles. The fourth-order valence-corrected chi connectivity index (χ4v) is 5.44. The number of hydrogen-bond acceptors (Lipinski definition) is 13. The molecule has 0 bridgehead atoms. The summed E-state index contributed by atoms with van der Waals surface area (Å²) in [5, 5.41) is 44.4. The number of β-amino-alcohol motifs (C(OH)–C–C–N with tert-alkyl or cyclic N) is 1. The molecule has 16 heteroatoms. The molecule has 1 aliphatic rings. The molecule has 0 aliphatic carbocycles. The Labute approximate surface area is 257 Å². The van der Waals surface area contributed by atoms with Gasteiger partial charge in [-0.1, -0.05) is 13.3 Å². The third-order valence-corrected chi connectivity index (χ3v) is 7.34. The minimum atomic E-state index is -3.81. The third kappa shape index (κ3) is 15.3. The zero-order chi connectivity index (χ0) is 28.2. The van der Waals surface area contributed by atoms with Crippen molar-refractivity contribution in [3.63, 3.8) is 0 Å². The molecule has 1 fully saturated rings. The Kier molecular flexibility index (Phi) is 18.5. The van der Waals surface area contributed by atoms with E-state index in [-0.39, 0.29) is 98.8 Å². The molecule has 38 heavy (non-hydrogen) atoms. The molecule has 1 heterocycles.